The molecule has 6 heteroatoms. The van der Waals surface area contributed by atoms with Crippen molar-refractivity contribution in [1.29, 1.82) is 0 Å². The van der Waals surface area contributed by atoms with Gasteiger partial charge in [-0.25, -0.2) is 13.4 Å². The highest BCUT2D eigenvalue weighted by Crippen LogP contribution is 2.05. The van der Waals surface area contributed by atoms with Crippen LogP contribution in [0.1, 0.15) is 11.5 Å². The quantitative estimate of drug-likeness (QED) is 0.683. The average Bonchev–Trinajstić information content (AvgIpc) is 1.78. The van der Waals surface area contributed by atoms with E-state index in [1.54, 1.807) is 6.92 Å². The Bertz CT molecular complexity index is 487. The van der Waals surface area contributed by atoms with Crippen LogP contribution in [0.5, 0.6) is 0 Å². The molecule has 1 aromatic rings. The molecule has 0 fully saturated rings. The zero-order chi connectivity index (χ0) is 10.2. The van der Waals surface area contributed by atoms with Gasteiger partial charge in [-0.2, -0.15) is 0 Å². The number of sulfone groups is 1. The number of H-pyrrole nitrogens is 1. The van der Waals surface area contributed by atoms with E-state index in [4.69, 9.17) is 0 Å². The van der Waals surface area contributed by atoms with E-state index in [0.29, 0.717) is 5.82 Å². The van der Waals surface area contributed by atoms with Gasteiger partial charge >= 0.3 is 0 Å². The summed E-state index contributed by atoms with van der Waals surface area (Å²) >= 11 is 0. The van der Waals surface area contributed by atoms with Gasteiger partial charge in [-0.05, 0) is 13.8 Å². The Hall–Kier alpha value is -1.17. The number of hydrogen-bond acceptors (Lipinski definition) is 4. The minimum atomic E-state index is -3.49. The van der Waals surface area contributed by atoms with E-state index in [-0.39, 0.29) is 10.6 Å². The SMILES string of the molecule is Cc1nc(C)c(S(C)(=O)=O)c(=O)[nH]1. The standard InChI is InChI=1S/C7H10N2O3S/c1-4-6(13(3,11)12)7(10)9-5(2)8-4/h1-3H3,(H,8,9,10). The molecule has 0 saturated carbocycles. The van der Waals surface area contributed by atoms with Crippen molar-refractivity contribution in [2.45, 2.75) is 18.7 Å². The highest BCUT2D eigenvalue weighted by Gasteiger charge is 2.16. The van der Waals surface area contributed by atoms with Crippen LogP contribution in [0.2, 0.25) is 0 Å². The lowest BCUT2D eigenvalue weighted by Crippen LogP contribution is -2.20. The van der Waals surface area contributed by atoms with Crippen molar-refractivity contribution in [2.24, 2.45) is 0 Å². The molecule has 0 bridgehead atoms. The summed E-state index contributed by atoms with van der Waals surface area (Å²) in [5.41, 5.74) is -0.365. The molecule has 5 nitrogen and oxygen atoms in total. The van der Waals surface area contributed by atoms with Gasteiger partial charge in [0.1, 0.15) is 5.82 Å². The number of hydrogen-bond donors (Lipinski definition) is 1. The molecule has 0 radical (unpaired) electrons. The second-order valence-corrected chi connectivity index (χ2v) is 4.79. The van der Waals surface area contributed by atoms with Crippen LogP contribution in [0.4, 0.5) is 0 Å². The highest BCUT2D eigenvalue weighted by atomic mass is 32.2. The number of aromatic nitrogens is 2. The average molecular weight is 202 g/mol. The van der Waals surface area contributed by atoms with Gasteiger partial charge in [0.2, 0.25) is 0 Å². The fourth-order valence-corrected chi connectivity index (χ4v) is 2.12. The third-order valence-electron chi connectivity index (χ3n) is 1.54. The minimum absolute atomic E-state index is 0.240. The predicted molar refractivity (Wildman–Crippen MR) is 47.4 cm³/mol. The van der Waals surface area contributed by atoms with Crippen molar-refractivity contribution in [1.82, 2.24) is 9.97 Å². The van der Waals surface area contributed by atoms with Crippen LogP contribution < -0.4 is 5.56 Å². The number of aryl methyl sites for hydroxylation is 2. The van der Waals surface area contributed by atoms with E-state index >= 15 is 0 Å². The molecule has 0 aliphatic rings. The molecule has 0 aliphatic carbocycles. The van der Waals surface area contributed by atoms with Crippen LogP contribution >= 0.6 is 0 Å². The molecule has 0 unspecified atom stereocenters. The van der Waals surface area contributed by atoms with E-state index in [1.807, 2.05) is 0 Å². The van der Waals surface area contributed by atoms with E-state index < -0.39 is 15.4 Å². The Morgan fingerprint density at radius 2 is 1.85 bits per heavy atom. The normalized spacial score (nSPS) is 11.6. The van der Waals surface area contributed by atoms with E-state index in [9.17, 15) is 13.2 Å². The first-order valence-electron chi connectivity index (χ1n) is 3.60. The zero-order valence-corrected chi connectivity index (χ0v) is 8.40. The van der Waals surface area contributed by atoms with Crippen LogP contribution in [-0.4, -0.2) is 24.6 Å². The lowest BCUT2D eigenvalue weighted by atomic mass is 10.4. The third kappa shape index (κ3) is 1.95. The van der Waals surface area contributed by atoms with Crippen LogP contribution in [0.15, 0.2) is 9.69 Å². The van der Waals surface area contributed by atoms with Crippen molar-refractivity contribution in [3.05, 3.63) is 21.9 Å². The Labute approximate surface area is 75.8 Å². The highest BCUT2D eigenvalue weighted by molar-refractivity contribution is 7.90. The molecule has 0 aromatic carbocycles. The Morgan fingerprint density at radius 1 is 1.31 bits per heavy atom. The smallest absolute Gasteiger partial charge is 0.269 e. The van der Waals surface area contributed by atoms with Crippen molar-refractivity contribution >= 4 is 9.84 Å². The summed E-state index contributed by atoms with van der Waals surface area (Å²) in [6, 6.07) is 0. The summed E-state index contributed by atoms with van der Waals surface area (Å²) in [5, 5.41) is 0. The second-order valence-electron chi connectivity index (χ2n) is 2.84. The number of nitrogens with zero attached hydrogens (tertiary/aromatic N) is 1. The molecule has 1 heterocycles. The van der Waals surface area contributed by atoms with Gasteiger partial charge in [0, 0.05) is 6.26 Å². The zero-order valence-electron chi connectivity index (χ0n) is 7.58. The fraction of sp³-hybridized carbons (Fsp3) is 0.429. The third-order valence-corrected chi connectivity index (χ3v) is 2.76. The summed E-state index contributed by atoms with van der Waals surface area (Å²) < 4.78 is 22.3. The molecule has 0 spiro atoms. The number of aromatic amines is 1. The number of nitrogens with one attached hydrogen (secondary N) is 1. The molecule has 1 rings (SSSR count). The second kappa shape index (κ2) is 2.95. The Balaban J connectivity index is 3.67. The van der Waals surface area contributed by atoms with Gasteiger partial charge in [0.05, 0.1) is 5.69 Å². The van der Waals surface area contributed by atoms with E-state index in [0.717, 1.165) is 6.26 Å². The first-order valence-corrected chi connectivity index (χ1v) is 5.49. The molecule has 1 aromatic heterocycles. The topological polar surface area (TPSA) is 79.9 Å². The first kappa shape index (κ1) is 9.91. The molecule has 0 aliphatic heterocycles. The maximum Gasteiger partial charge on any atom is 0.269 e. The predicted octanol–water partition coefficient (Wildman–Crippen LogP) is -0.210. The van der Waals surface area contributed by atoms with Crippen LogP contribution in [-0.2, 0) is 9.84 Å². The van der Waals surface area contributed by atoms with Gasteiger partial charge in [0.15, 0.2) is 14.7 Å². The van der Waals surface area contributed by atoms with Crippen LogP contribution in [0.25, 0.3) is 0 Å². The lowest BCUT2D eigenvalue weighted by molar-refractivity contribution is 0.598. The van der Waals surface area contributed by atoms with Gasteiger partial charge in [0.25, 0.3) is 5.56 Å². The maximum absolute atomic E-state index is 11.2. The van der Waals surface area contributed by atoms with E-state index in [1.165, 1.54) is 6.92 Å². The summed E-state index contributed by atoms with van der Waals surface area (Å²) in [7, 11) is -3.49. The van der Waals surface area contributed by atoms with Crippen LogP contribution in [0.3, 0.4) is 0 Å². The van der Waals surface area contributed by atoms with Crippen molar-refractivity contribution < 1.29 is 8.42 Å². The maximum atomic E-state index is 11.2. The molecular formula is C7H10N2O3S. The molecule has 1 N–H and O–H groups in total. The molecule has 0 saturated heterocycles. The monoisotopic (exact) mass is 202 g/mol. The van der Waals surface area contributed by atoms with Gasteiger partial charge in [-0.15, -0.1) is 0 Å². The van der Waals surface area contributed by atoms with Crippen molar-refractivity contribution in [2.75, 3.05) is 6.26 Å². The van der Waals surface area contributed by atoms with Crippen LogP contribution in [0, 0.1) is 13.8 Å². The Morgan fingerprint density at radius 3 is 2.23 bits per heavy atom. The summed E-state index contributed by atoms with van der Waals surface area (Å²) in [6.45, 7) is 3.10. The van der Waals surface area contributed by atoms with Crippen molar-refractivity contribution in [3.8, 4) is 0 Å². The summed E-state index contributed by atoms with van der Waals surface area (Å²) in [4.78, 5) is 17.2. The largest absolute Gasteiger partial charge is 0.310 e. The molecule has 72 valence electrons. The lowest BCUT2D eigenvalue weighted by Gasteiger charge is -2.01. The fourth-order valence-electron chi connectivity index (χ4n) is 1.15. The molecular weight excluding hydrogens is 192 g/mol. The Kier molecular flexibility index (Phi) is 2.25. The minimum Gasteiger partial charge on any atom is -0.310 e. The number of rotatable bonds is 1. The van der Waals surface area contributed by atoms with E-state index in [2.05, 4.69) is 9.97 Å². The van der Waals surface area contributed by atoms with Gasteiger partial charge in [-0.1, -0.05) is 0 Å². The molecule has 13 heavy (non-hydrogen) atoms. The van der Waals surface area contributed by atoms with Gasteiger partial charge in [-0.3, -0.25) is 4.79 Å². The molecule has 0 amide bonds. The summed E-state index contributed by atoms with van der Waals surface area (Å²) in [6.07, 6.45) is 0.988. The van der Waals surface area contributed by atoms with Gasteiger partial charge < -0.3 is 4.98 Å². The molecule has 0 atom stereocenters. The summed E-state index contributed by atoms with van der Waals surface area (Å²) in [5.74, 6) is 0.412. The van der Waals surface area contributed by atoms with Crippen molar-refractivity contribution in [3.63, 3.8) is 0 Å². The first-order chi connectivity index (χ1) is 5.82.